The van der Waals surface area contributed by atoms with Crippen molar-refractivity contribution in [2.45, 2.75) is 33.0 Å². The van der Waals surface area contributed by atoms with Gasteiger partial charge in [0.2, 0.25) is 0 Å². The number of benzene rings is 1. The van der Waals surface area contributed by atoms with Gasteiger partial charge in [0.15, 0.2) is 5.82 Å². The van der Waals surface area contributed by atoms with Gasteiger partial charge in [0.1, 0.15) is 6.54 Å². The van der Waals surface area contributed by atoms with Crippen LogP contribution >= 0.6 is 0 Å². The number of carbonyl (C=O) groups is 1. The Kier molecular flexibility index (Phi) is 5.39. The Morgan fingerprint density at radius 2 is 1.93 bits per heavy atom. The Morgan fingerprint density at radius 3 is 2.61 bits per heavy atom. The third-order valence-electron chi connectivity index (χ3n) is 4.02. The number of hydrogen-bond acceptors (Lipinski definition) is 3. The molecule has 28 heavy (non-hydrogen) atoms. The second kappa shape index (κ2) is 7.75. The van der Waals surface area contributed by atoms with Crippen molar-refractivity contribution in [2.75, 3.05) is 10.6 Å². The van der Waals surface area contributed by atoms with E-state index in [0.29, 0.717) is 16.8 Å². The number of aryl methyl sites for hydroxylation is 1. The monoisotopic (exact) mass is 392 g/mol. The first kappa shape index (κ1) is 19.5. The van der Waals surface area contributed by atoms with E-state index in [-0.39, 0.29) is 5.82 Å². The molecule has 3 aromatic rings. The highest BCUT2D eigenvalue weighted by Crippen LogP contribution is 2.22. The number of anilines is 2. The van der Waals surface area contributed by atoms with Crippen molar-refractivity contribution in [3.05, 3.63) is 54.0 Å². The van der Waals surface area contributed by atoms with Crippen LogP contribution in [0, 0.1) is 6.92 Å². The molecule has 0 spiro atoms. The van der Waals surface area contributed by atoms with Crippen molar-refractivity contribution in [1.82, 2.24) is 19.6 Å². The van der Waals surface area contributed by atoms with Crippen molar-refractivity contribution in [3.8, 4) is 5.69 Å². The van der Waals surface area contributed by atoms with Crippen LogP contribution in [0.1, 0.15) is 18.2 Å². The lowest BCUT2D eigenvalue weighted by Gasteiger charge is -2.11. The molecule has 10 heteroatoms. The molecule has 0 aliphatic carbocycles. The van der Waals surface area contributed by atoms with E-state index < -0.39 is 18.8 Å². The van der Waals surface area contributed by atoms with Crippen LogP contribution in [0.25, 0.3) is 5.69 Å². The normalized spacial score (nSPS) is 11.5. The number of amides is 2. The SMILES string of the molecule is CCc1c(NC(=O)Nc2ccn(CC(F)(F)F)n2)cnn1-c1ccccc1C. The molecule has 0 saturated carbocycles. The Hall–Kier alpha value is -3.30. The molecular formula is C18H19F3N6O. The molecule has 0 bridgehead atoms. The fourth-order valence-electron chi connectivity index (χ4n) is 2.80. The van der Waals surface area contributed by atoms with Gasteiger partial charge in [-0.25, -0.2) is 9.48 Å². The number of nitrogens with zero attached hydrogens (tertiary/aromatic N) is 4. The van der Waals surface area contributed by atoms with Crippen LogP contribution in [0.2, 0.25) is 0 Å². The Balaban J connectivity index is 1.72. The minimum atomic E-state index is -4.38. The van der Waals surface area contributed by atoms with Crippen molar-refractivity contribution < 1.29 is 18.0 Å². The summed E-state index contributed by atoms with van der Waals surface area (Å²) in [6.07, 6.45) is -1.08. The van der Waals surface area contributed by atoms with Crippen LogP contribution in [0.15, 0.2) is 42.7 Å². The van der Waals surface area contributed by atoms with Crippen molar-refractivity contribution in [3.63, 3.8) is 0 Å². The lowest BCUT2D eigenvalue weighted by Crippen LogP contribution is -2.21. The molecule has 2 N–H and O–H groups in total. The predicted octanol–water partition coefficient (Wildman–Crippen LogP) is 4.15. The molecule has 2 heterocycles. The van der Waals surface area contributed by atoms with E-state index in [1.807, 2.05) is 38.1 Å². The fraction of sp³-hybridized carbons (Fsp3) is 0.278. The van der Waals surface area contributed by atoms with Gasteiger partial charge in [-0.15, -0.1) is 0 Å². The Labute approximate surface area is 159 Å². The zero-order valence-corrected chi connectivity index (χ0v) is 15.3. The van der Waals surface area contributed by atoms with E-state index >= 15 is 0 Å². The number of carbonyl (C=O) groups excluding carboxylic acids is 1. The fourth-order valence-corrected chi connectivity index (χ4v) is 2.80. The van der Waals surface area contributed by atoms with Gasteiger partial charge in [-0.05, 0) is 25.0 Å². The number of para-hydroxylation sites is 1. The van der Waals surface area contributed by atoms with E-state index in [9.17, 15) is 18.0 Å². The second-order valence-corrected chi connectivity index (χ2v) is 6.15. The van der Waals surface area contributed by atoms with Gasteiger partial charge in [-0.3, -0.25) is 10.00 Å². The van der Waals surface area contributed by atoms with Gasteiger partial charge in [-0.1, -0.05) is 25.1 Å². The summed E-state index contributed by atoms with van der Waals surface area (Å²) in [5.74, 6) is 0.0195. The summed E-state index contributed by atoms with van der Waals surface area (Å²) >= 11 is 0. The summed E-state index contributed by atoms with van der Waals surface area (Å²) in [5, 5.41) is 13.1. The lowest BCUT2D eigenvalue weighted by atomic mass is 10.2. The van der Waals surface area contributed by atoms with Crippen molar-refractivity contribution in [2.24, 2.45) is 0 Å². The molecule has 148 valence electrons. The maximum absolute atomic E-state index is 12.4. The minimum absolute atomic E-state index is 0.0195. The van der Waals surface area contributed by atoms with E-state index in [1.165, 1.54) is 12.3 Å². The molecule has 0 unspecified atom stereocenters. The third-order valence-corrected chi connectivity index (χ3v) is 4.02. The third kappa shape index (κ3) is 4.51. The number of rotatable bonds is 5. The van der Waals surface area contributed by atoms with Gasteiger partial charge in [0, 0.05) is 12.3 Å². The van der Waals surface area contributed by atoms with Crippen LogP contribution in [-0.2, 0) is 13.0 Å². The highest BCUT2D eigenvalue weighted by molar-refractivity contribution is 5.99. The topological polar surface area (TPSA) is 76.8 Å². The Bertz CT molecular complexity index is 976. The summed E-state index contributed by atoms with van der Waals surface area (Å²) in [6, 6.07) is 8.41. The highest BCUT2D eigenvalue weighted by atomic mass is 19.4. The molecule has 3 rings (SSSR count). The molecule has 2 aromatic heterocycles. The number of aromatic nitrogens is 4. The zero-order valence-electron chi connectivity index (χ0n) is 15.3. The second-order valence-electron chi connectivity index (χ2n) is 6.15. The molecule has 0 atom stereocenters. The first-order chi connectivity index (χ1) is 13.3. The van der Waals surface area contributed by atoms with Crippen LogP contribution in [0.5, 0.6) is 0 Å². The highest BCUT2D eigenvalue weighted by Gasteiger charge is 2.28. The largest absolute Gasteiger partial charge is 0.408 e. The summed E-state index contributed by atoms with van der Waals surface area (Å²) < 4.78 is 39.6. The summed E-state index contributed by atoms with van der Waals surface area (Å²) in [5.41, 5.74) is 3.25. The smallest absolute Gasteiger partial charge is 0.305 e. The molecule has 2 amide bonds. The van der Waals surface area contributed by atoms with Gasteiger partial charge in [0.25, 0.3) is 0 Å². The van der Waals surface area contributed by atoms with Gasteiger partial charge < -0.3 is 5.32 Å². The Morgan fingerprint density at radius 1 is 1.18 bits per heavy atom. The standard InChI is InChI=1S/C18H19F3N6O/c1-3-14-13(10-22-27(14)15-7-5-4-6-12(15)2)23-17(28)24-16-8-9-26(25-16)11-18(19,20)21/h4-10H,3,11H2,1-2H3,(H2,23,24,25,28). The van der Waals surface area contributed by atoms with Crippen molar-refractivity contribution >= 4 is 17.5 Å². The van der Waals surface area contributed by atoms with Crippen LogP contribution in [0.3, 0.4) is 0 Å². The van der Waals surface area contributed by atoms with Gasteiger partial charge >= 0.3 is 12.2 Å². The number of alkyl halides is 3. The van der Waals surface area contributed by atoms with Gasteiger partial charge in [-0.2, -0.15) is 23.4 Å². The van der Waals surface area contributed by atoms with Crippen LogP contribution in [-0.4, -0.2) is 31.8 Å². The molecular weight excluding hydrogens is 373 g/mol. The number of hydrogen-bond donors (Lipinski definition) is 2. The van der Waals surface area contributed by atoms with E-state index in [4.69, 9.17) is 0 Å². The molecule has 0 fully saturated rings. The molecule has 7 nitrogen and oxygen atoms in total. The lowest BCUT2D eigenvalue weighted by molar-refractivity contribution is -0.142. The first-order valence-corrected chi connectivity index (χ1v) is 8.58. The maximum atomic E-state index is 12.4. The molecule has 0 saturated heterocycles. The average molecular weight is 392 g/mol. The summed E-state index contributed by atoms with van der Waals surface area (Å²) in [4.78, 5) is 12.2. The quantitative estimate of drug-likeness (QED) is 0.685. The van der Waals surface area contributed by atoms with Gasteiger partial charge in [0.05, 0.1) is 23.3 Å². The molecule has 0 aliphatic rings. The molecule has 0 aliphatic heterocycles. The van der Waals surface area contributed by atoms with Crippen molar-refractivity contribution in [1.29, 1.82) is 0 Å². The van der Waals surface area contributed by atoms with Crippen LogP contribution in [0.4, 0.5) is 29.5 Å². The van der Waals surface area contributed by atoms with E-state index in [0.717, 1.165) is 23.1 Å². The molecule has 0 radical (unpaired) electrons. The maximum Gasteiger partial charge on any atom is 0.408 e. The van der Waals surface area contributed by atoms with E-state index in [2.05, 4.69) is 20.8 Å². The number of halogens is 3. The number of nitrogens with one attached hydrogen (secondary N) is 2. The predicted molar refractivity (Wildman–Crippen MR) is 98.6 cm³/mol. The molecule has 1 aromatic carbocycles. The summed E-state index contributed by atoms with van der Waals surface area (Å²) in [7, 11) is 0. The van der Waals surface area contributed by atoms with E-state index in [1.54, 1.807) is 4.68 Å². The first-order valence-electron chi connectivity index (χ1n) is 8.58. The van der Waals surface area contributed by atoms with Crippen LogP contribution < -0.4 is 10.6 Å². The number of urea groups is 1. The minimum Gasteiger partial charge on any atom is -0.305 e. The average Bonchev–Trinajstić information content (AvgIpc) is 3.20. The zero-order chi connectivity index (χ0) is 20.3. The summed E-state index contributed by atoms with van der Waals surface area (Å²) in [6.45, 7) is 2.68.